The van der Waals surface area contributed by atoms with E-state index in [4.69, 9.17) is 9.73 Å². The van der Waals surface area contributed by atoms with Crippen LogP contribution in [0, 0.1) is 12.3 Å². The first-order chi connectivity index (χ1) is 15.0. The normalized spacial score (nSPS) is 26.1. The molecule has 0 bridgehead atoms. The number of aromatic nitrogens is 3. The van der Waals surface area contributed by atoms with E-state index in [1.165, 1.54) is 19.4 Å². The molecule has 31 heavy (non-hydrogen) atoms. The van der Waals surface area contributed by atoms with Crippen molar-refractivity contribution in [3.8, 4) is 0 Å². The molecular weight excluding hydrogens is 390 g/mol. The van der Waals surface area contributed by atoms with Crippen LogP contribution in [0.5, 0.6) is 0 Å². The third-order valence-corrected chi connectivity index (χ3v) is 7.75. The van der Waals surface area contributed by atoms with E-state index in [0.29, 0.717) is 24.7 Å². The average Bonchev–Trinajstić information content (AvgIpc) is 3.36. The van der Waals surface area contributed by atoms with Gasteiger partial charge in [-0.25, -0.2) is 4.99 Å². The van der Waals surface area contributed by atoms with Crippen LogP contribution in [0.25, 0.3) is 0 Å². The minimum atomic E-state index is 0.169. The largest absolute Gasteiger partial charge is 0.378 e. The fourth-order valence-electron chi connectivity index (χ4n) is 5.40. The van der Waals surface area contributed by atoms with Crippen molar-refractivity contribution in [1.82, 2.24) is 30.3 Å². The van der Waals surface area contributed by atoms with Crippen LogP contribution in [0.2, 0.25) is 0 Å². The predicted octanol–water partition coefficient (Wildman–Crippen LogP) is 2.63. The fraction of sp³-hybridized carbons (Fsp3) is 0.870. The van der Waals surface area contributed by atoms with Crippen LogP contribution in [0.15, 0.2) is 4.99 Å². The third-order valence-electron chi connectivity index (χ3n) is 7.75. The first kappa shape index (κ1) is 24.0. The number of nitrogens with zero attached hydrogens (tertiary/aromatic N) is 5. The first-order valence-corrected chi connectivity index (χ1v) is 12.2. The Kier molecular flexibility index (Phi) is 8.33. The van der Waals surface area contributed by atoms with Gasteiger partial charge in [-0.2, -0.15) is 0 Å². The van der Waals surface area contributed by atoms with Crippen molar-refractivity contribution in [3.05, 3.63) is 11.6 Å². The highest BCUT2D eigenvalue weighted by Crippen LogP contribution is 2.48. The number of likely N-dealkylation sites (N-methyl/N-ethyl adjacent to an activating group) is 1. The Hall–Kier alpha value is -1.67. The SMILES string of the molecule is CCOC1CC(NC(=NCc2nnc(C)n2C)NCC2CCCN2CC)C1(CC)CC. The number of aryl methyl sites for hydroxylation is 1. The van der Waals surface area contributed by atoms with Crippen LogP contribution in [0.3, 0.4) is 0 Å². The number of guanidine groups is 1. The van der Waals surface area contributed by atoms with Crippen LogP contribution in [0.4, 0.5) is 0 Å². The summed E-state index contributed by atoms with van der Waals surface area (Å²) < 4.78 is 8.08. The smallest absolute Gasteiger partial charge is 0.192 e. The van der Waals surface area contributed by atoms with Gasteiger partial charge in [-0.3, -0.25) is 4.90 Å². The molecule has 2 N–H and O–H groups in total. The molecule has 1 aliphatic heterocycles. The van der Waals surface area contributed by atoms with Crippen molar-refractivity contribution in [2.45, 2.75) is 91.5 Å². The molecule has 0 spiro atoms. The van der Waals surface area contributed by atoms with Crippen molar-refractivity contribution in [1.29, 1.82) is 0 Å². The highest BCUT2D eigenvalue weighted by Gasteiger charge is 2.53. The van der Waals surface area contributed by atoms with Crippen LogP contribution < -0.4 is 10.6 Å². The maximum atomic E-state index is 6.08. The molecule has 1 aromatic heterocycles. The van der Waals surface area contributed by atoms with E-state index < -0.39 is 0 Å². The summed E-state index contributed by atoms with van der Waals surface area (Å²) in [6.45, 7) is 15.4. The Labute approximate surface area is 188 Å². The molecule has 0 aromatic carbocycles. The molecule has 1 aliphatic carbocycles. The van der Waals surface area contributed by atoms with Crippen molar-refractivity contribution in [2.75, 3.05) is 26.2 Å². The highest BCUT2D eigenvalue weighted by molar-refractivity contribution is 5.80. The maximum Gasteiger partial charge on any atom is 0.192 e. The second kappa shape index (κ2) is 10.8. The zero-order valence-electron chi connectivity index (χ0n) is 20.4. The minimum Gasteiger partial charge on any atom is -0.378 e. The molecular formula is C23H43N7O. The number of likely N-dealkylation sites (tertiary alicyclic amines) is 1. The van der Waals surface area contributed by atoms with Crippen LogP contribution in [-0.4, -0.2) is 70.1 Å². The summed E-state index contributed by atoms with van der Waals surface area (Å²) in [7, 11) is 2.00. The zero-order chi connectivity index (χ0) is 22.4. The van der Waals surface area contributed by atoms with E-state index in [0.717, 1.165) is 56.6 Å². The molecule has 2 heterocycles. The van der Waals surface area contributed by atoms with E-state index >= 15 is 0 Å². The van der Waals surface area contributed by atoms with Gasteiger partial charge in [0.2, 0.25) is 0 Å². The van der Waals surface area contributed by atoms with Crippen LogP contribution in [-0.2, 0) is 18.3 Å². The van der Waals surface area contributed by atoms with E-state index in [-0.39, 0.29) is 5.41 Å². The number of nitrogens with one attached hydrogen (secondary N) is 2. The lowest BCUT2D eigenvalue weighted by molar-refractivity contribution is -0.133. The lowest BCUT2D eigenvalue weighted by Gasteiger charge is -2.55. The average molecular weight is 434 g/mol. The quantitative estimate of drug-likeness (QED) is 0.436. The Morgan fingerprint density at radius 1 is 1.23 bits per heavy atom. The van der Waals surface area contributed by atoms with Crippen molar-refractivity contribution in [3.63, 3.8) is 0 Å². The molecule has 3 unspecified atom stereocenters. The van der Waals surface area contributed by atoms with Gasteiger partial charge in [-0.15, -0.1) is 10.2 Å². The number of hydrogen-bond donors (Lipinski definition) is 2. The third kappa shape index (κ3) is 5.06. The van der Waals surface area contributed by atoms with E-state index in [1.54, 1.807) is 0 Å². The molecule has 2 aliphatic rings. The summed E-state index contributed by atoms with van der Waals surface area (Å²) in [6.07, 6.45) is 6.11. The molecule has 0 radical (unpaired) electrons. The lowest BCUT2D eigenvalue weighted by atomic mass is 9.58. The van der Waals surface area contributed by atoms with E-state index in [1.807, 2.05) is 18.5 Å². The van der Waals surface area contributed by atoms with Crippen molar-refractivity contribution < 1.29 is 4.74 Å². The summed E-state index contributed by atoms with van der Waals surface area (Å²) >= 11 is 0. The van der Waals surface area contributed by atoms with Gasteiger partial charge in [-0.1, -0.05) is 20.8 Å². The second-order valence-corrected chi connectivity index (χ2v) is 9.01. The minimum absolute atomic E-state index is 0.169. The topological polar surface area (TPSA) is 79.6 Å². The van der Waals surface area contributed by atoms with E-state index in [9.17, 15) is 0 Å². The maximum absolute atomic E-state index is 6.08. The van der Waals surface area contributed by atoms with Crippen LogP contribution in [0.1, 0.15) is 71.4 Å². The van der Waals surface area contributed by atoms with Gasteiger partial charge < -0.3 is 19.9 Å². The molecule has 1 saturated heterocycles. The highest BCUT2D eigenvalue weighted by atomic mass is 16.5. The summed E-state index contributed by atoms with van der Waals surface area (Å²) in [5.41, 5.74) is 0.169. The summed E-state index contributed by atoms with van der Waals surface area (Å²) in [5, 5.41) is 15.9. The molecule has 8 heteroatoms. The second-order valence-electron chi connectivity index (χ2n) is 9.01. The van der Waals surface area contributed by atoms with Crippen LogP contribution >= 0.6 is 0 Å². The van der Waals surface area contributed by atoms with Crippen molar-refractivity contribution in [2.24, 2.45) is 17.5 Å². The molecule has 0 amide bonds. The Morgan fingerprint density at radius 2 is 2.00 bits per heavy atom. The molecule has 176 valence electrons. The molecule has 2 fully saturated rings. The van der Waals surface area contributed by atoms with Gasteiger partial charge in [0.15, 0.2) is 11.8 Å². The Bertz CT molecular complexity index is 728. The van der Waals surface area contributed by atoms with Gasteiger partial charge in [-0.05, 0) is 59.0 Å². The Balaban J connectivity index is 1.72. The summed E-state index contributed by atoms with van der Waals surface area (Å²) in [4.78, 5) is 7.48. The molecule has 8 nitrogen and oxygen atoms in total. The standard InChI is InChI=1S/C23H43N7O/c1-7-23(8-2)19(14-20(23)31-10-4)26-22(24-15-18-12-11-13-30(18)9-3)25-16-21-28-27-17(5)29(21)6/h18-20H,7-16H2,1-6H3,(H2,24,25,26). The Morgan fingerprint density at radius 3 is 2.61 bits per heavy atom. The first-order valence-electron chi connectivity index (χ1n) is 12.2. The molecule has 3 rings (SSSR count). The number of ether oxygens (including phenoxy) is 1. The monoisotopic (exact) mass is 433 g/mol. The van der Waals surface area contributed by atoms with Gasteiger partial charge in [0.05, 0.1) is 6.10 Å². The number of hydrogen-bond acceptors (Lipinski definition) is 5. The fourth-order valence-corrected chi connectivity index (χ4v) is 5.40. The molecule has 1 aromatic rings. The number of aliphatic imine (C=N–C) groups is 1. The van der Waals surface area contributed by atoms with E-state index in [2.05, 4.69) is 53.4 Å². The zero-order valence-corrected chi connectivity index (χ0v) is 20.4. The molecule has 1 saturated carbocycles. The lowest BCUT2D eigenvalue weighted by Crippen LogP contribution is -2.66. The number of rotatable bonds is 10. The van der Waals surface area contributed by atoms with Crippen molar-refractivity contribution >= 4 is 5.96 Å². The van der Waals surface area contributed by atoms with Gasteiger partial charge in [0, 0.05) is 37.7 Å². The van der Waals surface area contributed by atoms with Gasteiger partial charge in [0.1, 0.15) is 12.4 Å². The van der Waals surface area contributed by atoms with Gasteiger partial charge in [0.25, 0.3) is 0 Å². The van der Waals surface area contributed by atoms with Gasteiger partial charge >= 0.3 is 0 Å². The predicted molar refractivity (Wildman–Crippen MR) is 125 cm³/mol. The molecule has 3 atom stereocenters. The summed E-state index contributed by atoms with van der Waals surface area (Å²) in [5.74, 6) is 2.68. The summed E-state index contributed by atoms with van der Waals surface area (Å²) in [6, 6.07) is 0.950.